The van der Waals surface area contributed by atoms with Crippen LogP contribution < -0.4 is 10.1 Å². The van der Waals surface area contributed by atoms with E-state index in [1.807, 2.05) is 38.4 Å². The number of nitrogens with zero attached hydrogens (tertiary/aromatic N) is 1. The number of amides is 1. The molecule has 0 aromatic heterocycles. The van der Waals surface area contributed by atoms with Crippen LogP contribution in [0.2, 0.25) is 0 Å². The molecule has 1 heterocycles. The minimum absolute atomic E-state index is 0.0281. The Morgan fingerprint density at radius 1 is 1.44 bits per heavy atom. The van der Waals surface area contributed by atoms with Crippen molar-refractivity contribution < 1.29 is 9.53 Å². The lowest BCUT2D eigenvalue weighted by Crippen LogP contribution is -2.44. The summed E-state index contributed by atoms with van der Waals surface area (Å²) in [4.78, 5) is 14.0. The lowest BCUT2D eigenvalue weighted by atomic mass is 10.0. The summed E-state index contributed by atoms with van der Waals surface area (Å²) in [5, 5.41) is 3.14. The molecule has 4 heteroatoms. The van der Waals surface area contributed by atoms with Gasteiger partial charge in [0.05, 0.1) is 5.56 Å². The first-order valence-corrected chi connectivity index (χ1v) is 6.29. The Morgan fingerprint density at radius 3 is 2.89 bits per heavy atom. The number of hydrogen-bond acceptors (Lipinski definition) is 3. The van der Waals surface area contributed by atoms with Crippen LogP contribution in [0.5, 0.6) is 5.75 Å². The molecule has 98 valence electrons. The second kappa shape index (κ2) is 5.40. The first-order valence-electron chi connectivity index (χ1n) is 6.29. The molecule has 2 rings (SSSR count). The summed E-state index contributed by atoms with van der Waals surface area (Å²) in [5.41, 5.74) is 0.646. The first kappa shape index (κ1) is 12.9. The Balaban J connectivity index is 2.36. The van der Waals surface area contributed by atoms with Crippen molar-refractivity contribution in [1.29, 1.82) is 0 Å². The van der Waals surface area contributed by atoms with Crippen molar-refractivity contribution in [1.82, 2.24) is 10.2 Å². The fraction of sp³-hybridized carbons (Fsp3) is 0.500. The molecule has 1 aromatic carbocycles. The van der Waals surface area contributed by atoms with E-state index < -0.39 is 0 Å². The second-order valence-corrected chi connectivity index (χ2v) is 4.87. The highest BCUT2D eigenvalue weighted by molar-refractivity contribution is 5.96. The molecule has 0 radical (unpaired) electrons. The van der Waals surface area contributed by atoms with Gasteiger partial charge >= 0.3 is 0 Å². The molecule has 1 N–H and O–H groups in total. The van der Waals surface area contributed by atoms with Gasteiger partial charge in [-0.25, -0.2) is 0 Å². The van der Waals surface area contributed by atoms with Gasteiger partial charge in [0, 0.05) is 26.1 Å². The van der Waals surface area contributed by atoms with Crippen molar-refractivity contribution in [2.45, 2.75) is 13.0 Å². The van der Waals surface area contributed by atoms with E-state index in [2.05, 4.69) is 12.2 Å². The van der Waals surface area contributed by atoms with E-state index in [0.717, 1.165) is 6.54 Å². The van der Waals surface area contributed by atoms with Gasteiger partial charge in [0.25, 0.3) is 5.91 Å². The molecule has 0 spiro atoms. The van der Waals surface area contributed by atoms with Crippen molar-refractivity contribution >= 4 is 5.91 Å². The molecule has 0 saturated heterocycles. The number of rotatable bonds is 2. The van der Waals surface area contributed by atoms with Gasteiger partial charge in [-0.15, -0.1) is 0 Å². The average molecular weight is 248 g/mol. The highest BCUT2D eigenvalue weighted by atomic mass is 16.5. The predicted molar refractivity (Wildman–Crippen MR) is 70.9 cm³/mol. The Bertz CT molecular complexity index is 434. The van der Waals surface area contributed by atoms with Crippen molar-refractivity contribution in [3.05, 3.63) is 29.8 Å². The van der Waals surface area contributed by atoms with Crippen molar-refractivity contribution in [2.75, 3.05) is 27.2 Å². The highest BCUT2D eigenvalue weighted by Crippen LogP contribution is 2.25. The van der Waals surface area contributed by atoms with Gasteiger partial charge in [-0.2, -0.15) is 0 Å². The highest BCUT2D eigenvalue weighted by Gasteiger charge is 2.28. The molecule has 2 atom stereocenters. The van der Waals surface area contributed by atoms with Gasteiger partial charge < -0.3 is 15.0 Å². The van der Waals surface area contributed by atoms with Gasteiger partial charge in [0.1, 0.15) is 11.9 Å². The number of ether oxygens (including phenoxy) is 1. The molecule has 18 heavy (non-hydrogen) atoms. The number of likely N-dealkylation sites (N-methyl/N-ethyl adjacent to an activating group) is 1. The zero-order valence-electron chi connectivity index (χ0n) is 11.1. The van der Waals surface area contributed by atoms with E-state index in [4.69, 9.17) is 4.74 Å². The van der Waals surface area contributed by atoms with Crippen LogP contribution in [0.15, 0.2) is 24.3 Å². The maximum absolute atomic E-state index is 12.2. The van der Waals surface area contributed by atoms with Crippen LogP contribution in [0.25, 0.3) is 0 Å². The molecule has 0 fully saturated rings. The van der Waals surface area contributed by atoms with Gasteiger partial charge in [0.15, 0.2) is 0 Å². The third-order valence-electron chi connectivity index (χ3n) is 3.34. The number of carbonyl (C=O) groups excluding carboxylic acids is 1. The van der Waals surface area contributed by atoms with E-state index in [1.165, 1.54) is 0 Å². The first-order chi connectivity index (χ1) is 8.63. The second-order valence-electron chi connectivity index (χ2n) is 4.87. The summed E-state index contributed by atoms with van der Waals surface area (Å²) in [6.45, 7) is 3.59. The lowest BCUT2D eigenvalue weighted by molar-refractivity contribution is 0.0637. The fourth-order valence-electron chi connectivity index (χ4n) is 2.31. The minimum atomic E-state index is 0.0281. The van der Waals surface area contributed by atoms with Crippen molar-refractivity contribution in [3.8, 4) is 5.75 Å². The molecular weight excluding hydrogens is 228 g/mol. The Morgan fingerprint density at radius 2 is 2.17 bits per heavy atom. The third kappa shape index (κ3) is 2.48. The van der Waals surface area contributed by atoms with E-state index in [0.29, 0.717) is 23.8 Å². The van der Waals surface area contributed by atoms with E-state index >= 15 is 0 Å². The summed E-state index contributed by atoms with van der Waals surface area (Å²) in [7, 11) is 3.76. The lowest BCUT2D eigenvalue weighted by Gasteiger charge is -2.32. The Kier molecular flexibility index (Phi) is 3.87. The third-order valence-corrected chi connectivity index (χ3v) is 3.34. The minimum Gasteiger partial charge on any atom is -0.488 e. The van der Waals surface area contributed by atoms with Gasteiger partial charge in [-0.05, 0) is 19.2 Å². The maximum Gasteiger partial charge on any atom is 0.257 e. The van der Waals surface area contributed by atoms with Gasteiger partial charge in [0.2, 0.25) is 0 Å². The fourth-order valence-corrected chi connectivity index (χ4v) is 2.31. The molecule has 1 aliphatic rings. The number of nitrogens with one attached hydrogen (secondary N) is 1. The van der Waals surface area contributed by atoms with Crippen LogP contribution in [0.4, 0.5) is 0 Å². The van der Waals surface area contributed by atoms with Crippen molar-refractivity contribution in [3.63, 3.8) is 0 Å². The molecule has 0 unspecified atom stereocenters. The number of fused-ring (bicyclic) bond motifs is 1. The van der Waals surface area contributed by atoms with Crippen LogP contribution >= 0.6 is 0 Å². The normalized spacial score (nSPS) is 23.9. The number of para-hydroxylation sites is 1. The average Bonchev–Trinajstić information content (AvgIpc) is 2.37. The van der Waals surface area contributed by atoms with Crippen LogP contribution in [0.3, 0.4) is 0 Å². The van der Waals surface area contributed by atoms with E-state index in [1.54, 1.807) is 4.90 Å². The van der Waals surface area contributed by atoms with Crippen LogP contribution in [-0.2, 0) is 0 Å². The summed E-state index contributed by atoms with van der Waals surface area (Å²) >= 11 is 0. The van der Waals surface area contributed by atoms with Crippen LogP contribution in [0, 0.1) is 5.92 Å². The largest absolute Gasteiger partial charge is 0.488 e. The molecule has 1 aliphatic heterocycles. The van der Waals surface area contributed by atoms with Gasteiger partial charge in [-0.1, -0.05) is 19.1 Å². The SMILES string of the molecule is CNC[C@@H]1Oc2ccccc2C(=O)N(C)C[C@@H]1C. The van der Waals surface area contributed by atoms with E-state index in [9.17, 15) is 4.79 Å². The monoisotopic (exact) mass is 248 g/mol. The van der Waals surface area contributed by atoms with Gasteiger partial charge in [-0.3, -0.25) is 4.79 Å². The molecule has 1 amide bonds. The molecule has 0 aliphatic carbocycles. The molecule has 0 bridgehead atoms. The zero-order chi connectivity index (χ0) is 13.1. The van der Waals surface area contributed by atoms with Crippen LogP contribution in [-0.4, -0.2) is 44.1 Å². The van der Waals surface area contributed by atoms with Crippen molar-refractivity contribution in [2.24, 2.45) is 5.92 Å². The summed E-state index contributed by atoms with van der Waals surface area (Å²) in [6.07, 6.45) is 0.0756. The molecular formula is C14H20N2O2. The predicted octanol–water partition coefficient (Wildman–Crippen LogP) is 1.38. The zero-order valence-corrected chi connectivity index (χ0v) is 11.1. The standard InChI is InChI=1S/C14H20N2O2/c1-10-9-16(3)14(17)11-6-4-5-7-12(11)18-13(10)8-15-2/h4-7,10,13,15H,8-9H2,1-3H3/t10-,13-/m0/s1. The van der Waals surface area contributed by atoms with Crippen LogP contribution in [0.1, 0.15) is 17.3 Å². The summed E-state index contributed by atoms with van der Waals surface area (Å²) in [5.74, 6) is 1.00. The smallest absolute Gasteiger partial charge is 0.257 e. The number of carbonyl (C=O) groups is 1. The number of hydrogen-bond donors (Lipinski definition) is 1. The summed E-state index contributed by atoms with van der Waals surface area (Å²) in [6, 6.07) is 7.45. The maximum atomic E-state index is 12.2. The molecule has 1 aromatic rings. The number of benzene rings is 1. The topological polar surface area (TPSA) is 41.6 Å². The Hall–Kier alpha value is -1.55. The molecule has 4 nitrogen and oxygen atoms in total. The Labute approximate surface area is 108 Å². The summed E-state index contributed by atoms with van der Waals surface area (Å²) < 4.78 is 6.00. The quantitative estimate of drug-likeness (QED) is 0.859. The molecule has 0 saturated carbocycles. The van der Waals surface area contributed by atoms with E-state index in [-0.39, 0.29) is 12.0 Å².